The first-order valence-corrected chi connectivity index (χ1v) is 8.59. The van der Waals surface area contributed by atoms with Gasteiger partial charge >= 0.3 is 11.7 Å². The summed E-state index contributed by atoms with van der Waals surface area (Å²) in [5.74, 6) is -0.494. The third-order valence-corrected chi connectivity index (χ3v) is 4.63. The lowest BCUT2D eigenvalue weighted by atomic mass is 10.1. The van der Waals surface area contributed by atoms with Gasteiger partial charge in [-0.3, -0.25) is 10.1 Å². The molecule has 26 heavy (non-hydrogen) atoms. The van der Waals surface area contributed by atoms with Crippen molar-refractivity contribution >= 4 is 17.3 Å². The van der Waals surface area contributed by atoms with Gasteiger partial charge in [0, 0.05) is 32.3 Å². The third kappa shape index (κ3) is 4.05. The first-order chi connectivity index (χ1) is 12.5. The van der Waals surface area contributed by atoms with Gasteiger partial charge in [-0.05, 0) is 26.0 Å². The first kappa shape index (κ1) is 18.4. The lowest BCUT2D eigenvalue weighted by Crippen LogP contribution is -2.33. The molecule has 2 atom stereocenters. The summed E-state index contributed by atoms with van der Waals surface area (Å²) in [7, 11) is 3.24. The van der Waals surface area contributed by atoms with Crippen molar-refractivity contribution < 1.29 is 23.9 Å². The van der Waals surface area contributed by atoms with E-state index in [4.69, 9.17) is 14.2 Å². The Balaban J connectivity index is 1.92. The monoisotopic (exact) mass is 365 g/mol. The Morgan fingerprint density at radius 3 is 2.77 bits per heavy atom. The number of ether oxygens (including phenoxy) is 3. The highest BCUT2D eigenvalue weighted by Gasteiger charge is 2.30. The van der Waals surface area contributed by atoms with Crippen LogP contribution in [0, 0.1) is 10.1 Å². The van der Waals surface area contributed by atoms with Crippen LogP contribution in [0.5, 0.6) is 5.75 Å². The number of carbonyl (C=O) groups excluding carboxylic acids is 1. The van der Waals surface area contributed by atoms with Crippen LogP contribution in [0.4, 0.5) is 11.4 Å². The number of methoxy groups -OCH3 is 1. The number of likely N-dealkylation sites (N-methyl/N-ethyl adjacent to an activating group) is 1. The Morgan fingerprint density at radius 1 is 1.46 bits per heavy atom. The van der Waals surface area contributed by atoms with Crippen LogP contribution in [-0.2, 0) is 9.47 Å². The minimum atomic E-state index is -0.573. The van der Waals surface area contributed by atoms with Crippen LogP contribution in [0.15, 0.2) is 12.1 Å². The fourth-order valence-corrected chi connectivity index (χ4v) is 3.10. The lowest BCUT2D eigenvalue weighted by Gasteiger charge is -2.27. The van der Waals surface area contributed by atoms with Gasteiger partial charge in [0.1, 0.15) is 11.8 Å². The number of rotatable bonds is 7. The zero-order chi connectivity index (χ0) is 18.7. The fraction of sp³-hybridized carbons (Fsp3) is 0.588. The third-order valence-electron chi connectivity index (χ3n) is 4.63. The van der Waals surface area contributed by atoms with Crippen molar-refractivity contribution in [1.29, 1.82) is 0 Å². The van der Waals surface area contributed by atoms with E-state index in [1.165, 1.54) is 19.2 Å². The van der Waals surface area contributed by atoms with Crippen molar-refractivity contribution in [2.24, 2.45) is 0 Å². The molecule has 0 bridgehead atoms. The number of esters is 1. The molecular weight excluding hydrogens is 342 g/mol. The summed E-state index contributed by atoms with van der Waals surface area (Å²) in [6.45, 7) is 2.66. The Hall–Kier alpha value is -2.39. The van der Waals surface area contributed by atoms with E-state index in [1.807, 2.05) is 7.05 Å². The number of nitrogens with one attached hydrogen (secondary N) is 1. The molecule has 0 saturated carbocycles. The number of benzene rings is 1. The predicted molar refractivity (Wildman–Crippen MR) is 93.8 cm³/mol. The molecule has 0 aliphatic carbocycles. The Labute approximate surface area is 151 Å². The first-order valence-electron chi connectivity index (χ1n) is 8.59. The molecule has 3 rings (SSSR count). The predicted octanol–water partition coefficient (Wildman–Crippen LogP) is 1.67. The van der Waals surface area contributed by atoms with Crippen LogP contribution in [0.25, 0.3) is 0 Å². The largest absolute Gasteiger partial charge is 0.482 e. The van der Waals surface area contributed by atoms with E-state index in [0.29, 0.717) is 19.7 Å². The second-order valence-corrected chi connectivity index (χ2v) is 6.57. The average Bonchev–Trinajstić information content (AvgIpc) is 2.96. The Bertz CT molecular complexity index is 691. The summed E-state index contributed by atoms with van der Waals surface area (Å²) in [4.78, 5) is 25.3. The van der Waals surface area contributed by atoms with E-state index in [0.717, 1.165) is 19.4 Å². The average molecular weight is 365 g/mol. The molecule has 2 aliphatic rings. The summed E-state index contributed by atoms with van der Waals surface area (Å²) in [6, 6.07) is 2.81. The summed E-state index contributed by atoms with van der Waals surface area (Å²) < 4.78 is 16.0. The molecule has 2 saturated heterocycles. The Morgan fingerprint density at radius 2 is 2.23 bits per heavy atom. The van der Waals surface area contributed by atoms with E-state index >= 15 is 0 Å². The quantitative estimate of drug-likeness (QED) is 0.442. The molecule has 2 heterocycles. The molecule has 2 aliphatic heterocycles. The standard InChI is InChI=1S/C17H23N3O6/c1-19-5-3-13(10-19)26-15-8-11(17(21)24-2)7-14(16(15)20(22)23)18-9-12-4-6-25-12/h7-8,12-13,18H,3-6,9-10H2,1-2H3. The minimum Gasteiger partial charge on any atom is -0.482 e. The SMILES string of the molecule is COC(=O)c1cc(NCC2CCO2)c([N+](=O)[O-])c(OC2CCN(C)C2)c1. The van der Waals surface area contributed by atoms with Crippen LogP contribution in [0.1, 0.15) is 23.2 Å². The van der Waals surface area contributed by atoms with Gasteiger partial charge in [0.05, 0.1) is 23.7 Å². The number of carbonyl (C=O) groups is 1. The van der Waals surface area contributed by atoms with E-state index in [9.17, 15) is 14.9 Å². The van der Waals surface area contributed by atoms with Crippen molar-refractivity contribution in [3.8, 4) is 5.75 Å². The van der Waals surface area contributed by atoms with Crippen LogP contribution in [0.2, 0.25) is 0 Å². The lowest BCUT2D eigenvalue weighted by molar-refractivity contribution is -0.385. The van der Waals surface area contributed by atoms with E-state index in [-0.39, 0.29) is 34.9 Å². The van der Waals surface area contributed by atoms with Crippen molar-refractivity contribution in [2.75, 3.05) is 45.7 Å². The smallest absolute Gasteiger partial charge is 0.338 e. The van der Waals surface area contributed by atoms with Crippen molar-refractivity contribution in [1.82, 2.24) is 4.90 Å². The molecule has 1 aromatic carbocycles. The van der Waals surface area contributed by atoms with Gasteiger partial charge in [-0.15, -0.1) is 0 Å². The number of hydrogen-bond acceptors (Lipinski definition) is 8. The van der Waals surface area contributed by atoms with Gasteiger partial charge < -0.3 is 24.4 Å². The molecule has 0 radical (unpaired) electrons. The normalized spacial score (nSPS) is 22.5. The zero-order valence-electron chi connectivity index (χ0n) is 14.9. The number of nitro benzene ring substituents is 1. The molecule has 1 N–H and O–H groups in total. The second-order valence-electron chi connectivity index (χ2n) is 6.57. The highest BCUT2D eigenvalue weighted by Crippen LogP contribution is 2.38. The Kier molecular flexibility index (Phi) is 5.58. The van der Waals surface area contributed by atoms with Crippen LogP contribution < -0.4 is 10.1 Å². The van der Waals surface area contributed by atoms with Crippen molar-refractivity contribution in [3.05, 3.63) is 27.8 Å². The molecule has 0 spiro atoms. The molecule has 142 valence electrons. The van der Waals surface area contributed by atoms with Crippen molar-refractivity contribution in [3.63, 3.8) is 0 Å². The van der Waals surface area contributed by atoms with Gasteiger partial charge in [0.15, 0.2) is 0 Å². The molecule has 9 nitrogen and oxygen atoms in total. The minimum absolute atomic E-state index is 0.0178. The highest BCUT2D eigenvalue weighted by molar-refractivity contribution is 5.93. The zero-order valence-corrected chi connectivity index (χ0v) is 14.9. The summed E-state index contributed by atoms with van der Waals surface area (Å²) in [6.07, 6.45) is 1.53. The molecule has 2 fully saturated rings. The molecule has 0 aromatic heterocycles. The number of hydrogen-bond donors (Lipinski definition) is 1. The van der Waals surface area contributed by atoms with Crippen LogP contribution in [0.3, 0.4) is 0 Å². The van der Waals surface area contributed by atoms with Gasteiger partial charge in [-0.25, -0.2) is 4.79 Å². The van der Waals surface area contributed by atoms with Crippen LogP contribution >= 0.6 is 0 Å². The number of nitrogens with zero attached hydrogens (tertiary/aromatic N) is 2. The second kappa shape index (κ2) is 7.88. The maximum atomic E-state index is 12.0. The number of anilines is 1. The molecule has 1 aromatic rings. The number of nitro groups is 1. The highest BCUT2D eigenvalue weighted by atomic mass is 16.6. The van der Waals surface area contributed by atoms with Crippen molar-refractivity contribution in [2.45, 2.75) is 25.0 Å². The van der Waals surface area contributed by atoms with Gasteiger partial charge in [0.2, 0.25) is 5.75 Å². The maximum Gasteiger partial charge on any atom is 0.338 e. The molecular formula is C17H23N3O6. The fourth-order valence-electron chi connectivity index (χ4n) is 3.10. The number of likely N-dealkylation sites (tertiary alicyclic amines) is 1. The van der Waals surface area contributed by atoms with E-state index < -0.39 is 10.9 Å². The van der Waals surface area contributed by atoms with E-state index in [2.05, 4.69) is 10.2 Å². The van der Waals surface area contributed by atoms with Gasteiger partial charge in [-0.1, -0.05) is 0 Å². The maximum absolute atomic E-state index is 12.0. The van der Waals surface area contributed by atoms with Gasteiger partial charge in [0.25, 0.3) is 0 Å². The summed E-state index contributed by atoms with van der Waals surface area (Å²) in [5, 5.41) is 14.7. The molecule has 9 heteroatoms. The van der Waals surface area contributed by atoms with Crippen LogP contribution in [-0.4, -0.2) is 68.4 Å². The summed E-state index contributed by atoms with van der Waals surface area (Å²) >= 11 is 0. The van der Waals surface area contributed by atoms with Gasteiger partial charge in [-0.2, -0.15) is 0 Å². The van der Waals surface area contributed by atoms with E-state index in [1.54, 1.807) is 0 Å². The molecule has 2 unspecified atom stereocenters. The topological polar surface area (TPSA) is 103 Å². The molecule has 0 amide bonds. The summed E-state index contributed by atoms with van der Waals surface area (Å²) in [5.41, 5.74) is 0.262.